The molecular formula is C15H14N2O2. The van der Waals surface area contributed by atoms with Gasteiger partial charge in [0.05, 0.1) is 11.3 Å². The molecule has 0 saturated carbocycles. The molecule has 1 aromatic heterocycles. The lowest BCUT2D eigenvalue weighted by Crippen LogP contribution is -2.05. The van der Waals surface area contributed by atoms with Gasteiger partial charge in [0.25, 0.3) is 0 Å². The van der Waals surface area contributed by atoms with E-state index < -0.39 is 5.97 Å². The molecule has 0 aliphatic rings. The summed E-state index contributed by atoms with van der Waals surface area (Å²) in [6, 6.07) is 10.9. The van der Waals surface area contributed by atoms with Gasteiger partial charge in [-0.15, -0.1) is 0 Å². The number of hydrogen-bond donors (Lipinski definition) is 0. The smallest absolute Gasteiger partial charge is 0.313 e. The summed E-state index contributed by atoms with van der Waals surface area (Å²) in [5.74, 6) is -0.452. The maximum absolute atomic E-state index is 11.9. The minimum absolute atomic E-state index is 0.452. The summed E-state index contributed by atoms with van der Waals surface area (Å²) in [4.78, 5) is 20.7. The van der Waals surface area contributed by atoms with E-state index in [-0.39, 0.29) is 0 Å². The van der Waals surface area contributed by atoms with Crippen molar-refractivity contribution in [3.63, 3.8) is 0 Å². The first-order chi connectivity index (χ1) is 9.18. The molecule has 1 aromatic carbocycles. The van der Waals surface area contributed by atoms with Crippen LogP contribution in [-0.2, 0) is 4.84 Å². The zero-order valence-electron chi connectivity index (χ0n) is 10.8. The highest BCUT2D eigenvalue weighted by Gasteiger charge is 2.09. The first-order valence-electron chi connectivity index (χ1n) is 5.90. The van der Waals surface area contributed by atoms with Gasteiger partial charge in [0.15, 0.2) is 0 Å². The van der Waals surface area contributed by atoms with Crippen molar-refractivity contribution >= 4 is 11.7 Å². The van der Waals surface area contributed by atoms with E-state index in [1.165, 1.54) is 0 Å². The molecule has 96 valence electrons. The molecule has 0 fully saturated rings. The van der Waals surface area contributed by atoms with Gasteiger partial charge in [-0.05, 0) is 37.6 Å². The Kier molecular flexibility index (Phi) is 4.03. The second-order valence-electron chi connectivity index (χ2n) is 4.11. The summed E-state index contributed by atoms with van der Waals surface area (Å²) in [5, 5.41) is 3.85. The molecule has 0 radical (unpaired) electrons. The van der Waals surface area contributed by atoms with Crippen molar-refractivity contribution < 1.29 is 9.63 Å². The highest BCUT2D eigenvalue weighted by Crippen LogP contribution is 2.09. The summed E-state index contributed by atoms with van der Waals surface area (Å²) >= 11 is 0. The average Bonchev–Trinajstić information content (AvgIpc) is 2.46. The highest BCUT2D eigenvalue weighted by molar-refractivity contribution is 5.99. The number of aryl methyl sites for hydroxylation is 1. The molecule has 0 unspecified atom stereocenters. The highest BCUT2D eigenvalue weighted by atomic mass is 16.7. The molecular weight excluding hydrogens is 240 g/mol. The summed E-state index contributed by atoms with van der Waals surface area (Å²) in [5.41, 5.74) is 2.88. The normalized spacial score (nSPS) is 11.2. The minimum Gasteiger partial charge on any atom is -0.313 e. The number of nitrogens with zero attached hydrogens (tertiary/aromatic N) is 2. The van der Waals surface area contributed by atoms with E-state index >= 15 is 0 Å². The Morgan fingerprint density at radius 2 is 1.84 bits per heavy atom. The molecule has 1 heterocycles. The van der Waals surface area contributed by atoms with Crippen LogP contribution in [0.1, 0.15) is 28.4 Å². The van der Waals surface area contributed by atoms with Crippen molar-refractivity contribution in [1.82, 2.24) is 4.98 Å². The fourth-order valence-electron chi connectivity index (χ4n) is 1.61. The lowest BCUT2D eigenvalue weighted by atomic mass is 10.1. The van der Waals surface area contributed by atoms with Gasteiger partial charge >= 0.3 is 5.97 Å². The molecule has 0 N–H and O–H groups in total. The van der Waals surface area contributed by atoms with Crippen LogP contribution in [0, 0.1) is 6.92 Å². The average molecular weight is 254 g/mol. The Morgan fingerprint density at radius 3 is 2.53 bits per heavy atom. The van der Waals surface area contributed by atoms with Crippen molar-refractivity contribution in [3.8, 4) is 0 Å². The second kappa shape index (κ2) is 5.91. The number of aromatic nitrogens is 1. The van der Waals surface area contributed by atoms with Crippen molar-refractivity contribution in [1.29, 1.82) is 0 Å². The van der Waals surface area contributed by atoms with Crippen LogP contribution in [0.25, 0.3) is 0 Å². The Balaban J connectivity index is 2.11. The van der Waals surface area contributed by atoms with Crippen LogP contribution in [0.3, 0.4) is 0 Å². The van der Waals surface area contributed by atoms with E-state index in [1.54, 1.807) is 43.6 Å². The van der Waals surface area contributed by atoms with Crippen LogP contribution >= 0.6 is 0 Å². The number of rotatable bonds is 3. The molecule has 2 rings (SSSR count). The van der Waals surface area contributed by atoms with E-state index in [4.69, 9.17) is 4.84 Å². The summed E-state index contributed by atoms with van der Waals surface area (Å²) in [6.45, 7) is 3.64. The fraction of sp³-hybridized carbons (Fsp3) is 0.133. The first-order valence-corrected chi connectivity index (χ1v) is 5.90. The van der Waals surface area contributed by atoms with Gasteiger partial charge < -0.3 is 4.84 Å². The first kappa shape index (κ1) is 13.0. The number of oxime groups is 1. The molecule has 0 aliphatic heterocycles. The third kappa shape index (κ3) is 3.25. The summed E-state index contributed by atoms with van der Waals surface area (Å²) in [6.07, 6.45) is 3.33. The molecule has 0 bridgehead atoms. The Hall–Kier alpha value is -2.49. The van der Waals surface area contributed by atoms with Gasteiger partial charge in [0, 0.05) is 18.0 Å². The lowest BCUT2D eigenvalue weighted by Gasteiger charge is -2.03. The van der Waals surface area contributed by atoms with Crippen molar-refractivity contribution in [2.24, 2.45) is 5.16 Å². The van der Waals surface area contributed by atoms with Crippen LogP contribution in [0.15, 0.2) is 53.9 Å². The fourth-order valence-corrected chi connectivity index (χ4v) is 1.61. The maximum atomic E-state index is 11.9. The van der Waals surface area contributed by atoms with Gasteiger partial charge in [-0.2, -0.15) is 0 Å². The number of benzene rings is 1. The van der Waals surface area contributed by atoms with Crippen LogP contribution in [0.2, 0.25) is 0 Å². The molecule has 2 aromatic rings. The predicted octanol–water partition coefficient (Wildman–Crippen LogP) is 2.97. The van der Waals surface area contributed by atoms with Crippen LogP contribution in [-0.4, -0.2) is 16.7 Å². The Bertz CT molecular complexity index is 607. The third-order valence-electron chi connectivity index (χ3n) is 2.73. The number of pyridine rings is 1. The van der Waals surface area contributed by atoms with E-state index in [2.05, 4.69) is 10.1 Å². The molecule has 19 heavy (non-hydrogen) atoms. The molecule has 0 spiro atoms. The van der Waals surface area contributed by atoms with Gasteiger partial charge in [-0.3, -0.25) is 4.98 Å². The Morgan fingerprint density at radius 1 is 1.16 bits per heavy atom. The second-order valence-corrected chi connectivity index (χ2v) is 4.11. The van der Waals surface area contributed by atoms with Crippen LogP contribution < -0.4 is 0 Å². The maximum Gasteiger partial charge on any atom is 0.365 e. The molecule has 4 nitrogen and oxygen atoms in total. The van der Waals surface area contributed by atoms with Gasteiger partial charge in [0.1, 0.15) is 0 Å². The molecule has 0 saturated heterocycles. The van der Waals surface area contributed by atoms with Crippen molar-refractivity contribution in [2.75, 3.05) is 0 Å². The van der Waals surface area contributed by atoms with Gasteiger partial charge in [-0.1, -0.05) is 23.4 Å². The minimum atomic E-state index is -0.452. The van der Waals surface area contributed by atoms with E-state index in [1.807, 2.05) is 19.1 Å². The summed E-state index contributed by atoms with van der Waals surface area (Å²) in [7, 11) is 0. The molecule has 4 heteroatoms. The molecule has 0 aliphatic carbocycles. The van der Waals surface area contributed by atoms with Crippen molar-refractivity contribution in [3.05, 3.63) is 65.5 Å². The number of carbonyl (C=O) groups excluding carboxylic acids is 1. The van der Waals surface area contributed by atoms with Crippen LogP contribution in [0.5, 0.6) is 0 Å². The topological polar surface area (TPSA) is 51.5 Å². The van der Waals surface area contributed by atoms with Crippen molar-refractivity contribution in [2.45, 2.75) is 13.8 Å². The van der Waals surface area contributed by atoms with Gasteiger partial charge in [0.2, 0.25) is 0 Å². The van der Waals surface area contributed by atoms with E-state index in [0.29, 0.717) is 11.3 Å². The Labute approximate surface area is 111 Å². The zero-order chi connectivity index (χ0) is 13.7. The molecule has 0 amide bonds. The summed E-state index contributed by atoms with van der Waals surface area (Å²) < 4.78 is 0. The number of carbonyl (C=O) groups is 1. The zero-order valence-corrected chi connectivity index (χ0v) is 10.8. The quantitative estimate of drug-likeness (QED) is 0.480. The SMILES string of the molecule is C/C(=N\OC(=O)c1ccccc1C)c1ccncc1. The predicted molar refractivity (Wildman–Crippen MR) is 73.0 cm³/mol. The van der Waals surface area contributed by atoms with Gasteiger partial charge in [-0.25, -0.2) is 4.79 Å². The standard InChI is InChI=1S/C15H14N2O2/c1-11-5-3-4-6-14(11)15(18)19-17-12(2)13-7-9-16-10-8-13/h3-10H,1-2H3/b17-12+. The number of hydrogen-bond acceptors (Lipinski definition) is 4. The van der Waals surface area contributed by atoms with E-state index in [9.17, 15) is 4.79 Å². The third-order valence-corrected chi connectivity index (χ3v) is 2.73. The lowest BCUT2D eigenvalue weighted by molar-refractivity contribution is 0.0515. The molecule has 0 atom stereocenters. The largest absolute Gasteiger partial charge is 0.365 e. The monoisotopic (exact) mass is 254 g/mol. The van der Waals surface area contributed by atoms with E-state index in [0.717, 1.165) is 11.1 Å². The van der Waals surface area contributed by atoms with Crippen LogP contribution in [0.4, 0.5) is 0 Å².